The third kappa shape index (κ3) is 5.67. The van der Waals surface area contributed by atoms with Crippen molar-refractivity contribution < 1.29 is 17.9 Å². The summed E-state index contributed by atoms with van der Waals surface area (Å²) in [6.45, 7) is 1.91. The van der Waals surface area contributed by atoms with Crippen LogP contribution >= 0.6 is 11.6 Å². The van der Waals surface area contributed by atoms with Crippen LogP contribution in [0.2, 0.25) is 0 Å². The van der Waals surface area contributed by atoms with E-state index in [9.17, 15) is 13.2 Å². The van der Waals surface area contributed by atoms with Gasteiger partial charge in [-0.3, -0.25) is 4.79 Å². The van der Waals surface area contributed by atoms with Gasteiger partial charge >= 0.3 is 5.97 Å². The highest BCUT2D eigenvalue weighted by Gasteiger charge is 2.30. The van der Waals surface area contributed by atoms with Gasteiger partial charge in [0, 0.05) is 12.4 Å². The van der Waals surface area contributed by atoms with E-state index in [2.05, 4.69) is 4.74 Å². The predicted molar refractivity (Wildman–Crippen MR) is 65.8 cm³/mol. The molecule has 0 amide bonds. The van der Waals surface area contributed by atoms with E-state index < -0.39 is 22.2 Å². The summed E-state index contributed by atoms with van der Waals surface area (Å²) in [5, 5.41) is 4.87. The van der Waals surface area contributed by atoms with Gasteiger partial charge in [0.05, 0.1) is 7.11 Å². The molecule has 8 heteroatoms. The molecule has 6 nitrogen and oxygen atoms in total. The number of nitrogens with two attached hydrogens (primary N) is 1. The number of halogens is 1. The summed E-state index contributed by atoms with van der Waals surface area (Å²) in [6, 6.07) is -0.928. The minimum Gasteiger partial charge on any atom is -0.468 e. The normalized spacial score (nSPS) is 15.6. The first-order valence-electron chi connectivity index (χ1n) is 5.21. The zero-order chi connectivity index (χ0) is 13.6. The van der Waals surface area contributed by atoms with Crippen molar-refractivity contribution in [3.05, 3.63) is 0 Å². The second kappa shape index (κ2) is 7.15. The first-order chi connectivity index (χ1) is 7.73. The van der Waals surface area contributed by atoms with Gasteiger partial charge in [-0.15, -0.1) is 11.6 Å². The number of nitrogens with zero attached hydrogens (tertiary/aromatic N) is 1. The number of alkyl halides is 1. The average Bonchev–Trinajstić information content (AvgIpc) is 2.26. The Labute approximate surface area is 107 Å². The molecule has 0 aliphatic heterocycles. The summed E-state index contributed by atoms with van der Waals surface area (Å²) in [5.74, 6) is -0.638. The van der Waals surface area contributed by atoms with E-state index in [1.54, 1.807) is 0 Å². The topological polar surface area (TPSA) is 89.7 Å². The zero-order valence-corrected chi connectivity index (χ0v) is 11.8. The van der Waals surface area contributed by atoms with Crippen LogP contribution in [0, 0.1) is 0 Å². The van der Waals surface area contributed by atoms with E-state index >= 15 is 0 Å². The van der Waals surface area contributed by atoms with E-state index in [4.69, 9.17) is 16.7 Å². The number of likely N-dealkylation sites (N-methyl/N-ethyl adjacent to an activating group) is 1. The molecule has 102 valence electrons. The fraction of sp³-hybridized carbons (Fsp3) is 0.889. The number of ether oxygens (including phenoxy) is 1. The first kappa shape index (κ1) is 16.6. The molecule has 0 aromatic rings. The highest BCUT2D eigenvalue weighted by Crippen LogP contribution is 2.16. The highest BCUT2D eigenvalue weighted by atomic mass is 35.5. The molecule has 0 aliphatic rings. The van der Waals surface area contributed by atoms with Crippen LogP contribution in [0.25, 0.3) is 0 Å². The summed E-state index contributed by atoms with van der Waals surface area (Å²) in [5.41, 5.74) is 0. The molecule has 0 rings (SSSR count). The highest BCUT2D eigenvalue weighted by molar-refractivity contribution is 7.86. The number of hydrogen-bond donors (Lipinski definition) is 1. The second-order valence-electron chi connectivity index (χ2n) is 3.68. The quantitative estimate of drug-likeness (QED) is 0.544. The van der Waals surface area contributed by atoms with Crippen molar-refractivity contribution >= 4 is 27.8 Å². The van der Waals surface area contributed by atoms with Crippen molar-refractivity contribution in [1.82, 2.24) is 4.31 Å². The van der Waals surface area contributed by atoms with Gasteiger partial charge in [-0.2, -0.15) is 12.7 Å². The number of methoxy groups -OCH3 is 1. The van der Waals surface area contributed by atoms with Crippen LogP contribution in [0.4, 0.5) is 0 Å². The molecule has 2 N–H and O–H groups in total. The Kier molecular flexibility index (Phi) is 6.99. The molecule has 0 saturated carbocycles. The van der Waals surface area contributed by atoms with Crippen molar-refractivity contribution in [2.75, 3.05) is 14.2 Å². The predicted octanol–water partition coefficient (Wildman–Crippen LogP) is 0.461. The van der Waals surface area contributed by atoms with Gasteiger partial charge in [-0.25, -0.2) is 5.14 Å². The van der Waals surface area contributed by atoms with Gasteiger partial charge in [0.15, 0.2) is 0 Å². The van der Waals surface area contributed by atoms with E-state index in [1.165, 1.54) is 14.2 Å². The fourth-order valence-electron chi connectivity index (χ4n) is 1.30. The van der Waals surface area contributed by atoms with Crippen molar-refractivity contribution in [2.24, 2.45) is 5.14 Å². The van der Waals surface area contributed by atoms with Crippen molar-refractivity contribution in [3.8, 4) is 0 Å². The molecule has 2 unspecified atom stereocenters. The van der Waals surface area contributed by atoms with Crippen LogP contribution < -0.4 is 5.14 Å². The second-order valence-corrected chi connectivity index (χ2v) is 5.91. The number of rotatable bonds is 7. The molecule has 0 aliphatic carbocycles. The largest absolute Gasteiger partial charge is 0.468 e. The molecule has 0 fully saturated rings. The maximum atomic E-state index is 11.5. The zero-order valence-electron chi connectivity index (χ0n) is 10.2. The van der Waals surface area contributed by atoms with Gasteiger partial charge in [-0.05, 0) is 19.3 Å². The van der Waals surface area contributed by atoms with Crippen LogP contribution in [0.15, 0.2) is 0 Å². The van der Waals surface area contributed by atoms with Crippen LogP contribution in [-0.2, 0) is 19.7 Å². The maximum absolute atomic E-state index is 11.5. The molecule has 0 bridgehead atoms. The fourth-order valence-corrected chi connectivity index (χ4v) is 1.98. The van der Waals surface area contributed by atoms with Gasteiger partial charge in [-0.1, -0.05) is 6.92 Å². The summed E-state index contributed by atoms with van der Waals surface area (Å²) >= 11 is 5.92. The van der Waals surface area contributed by atoms with Gasteiger partial charge in [0.1, 0.15) is 6.04 Å². The minimum absolute atomic E-state index is 0.101. The molecule has 0 saturated heterocycles. The number of hydrogen-bond acceptors (Lipinski definition) is 4. The molecule has 2 atom stereocenters. The Morgan fingerprint density at radius 1 is 1.47 bits per heavy atom. The van der Waals surface area contributed by atoms with Crippen LogP contribution in [0.3, 0.4) is 0 Å². The van der Waals surface area contributed by atoms with Gasteiger partial charge in [0.25, 0.3) is 10.2 Å². The van der Waals surface area contributed by atoms with E-state index in [-0.39, 0.29) is 11.8 Å². The van der Waals surface area contributed by atoms with Crippen molar-refractivity contribution in [2.45, 2.75) is 37.6 Å². The van der Waals surface area contributed by atoms with E-state index in [1.807, 2.05) is 6.92 Å². The van der Waals surface area contributed by atoms with Crippen molar-refractivity contribution in [1.29, 1.82) is 0 Å². The van der Waals surface area contributed by atoms with Crippen molar-refractivity contribution in [3.63, 3.8) is 0 Å². The standard InChI is InChI=1S/C9H19ClN2O4S/c1-4-7(10)5-6-8(9(13)16-3)12(2)17(11,14)15/h7-8H,4-6H2,1-3H3,(H2,11,14,15). The number of esters is 1. The average molecular weight is 287 g/mol. The molecule has 17 heavy (non-hydrogen) atoms. The summed E-state index contributed by atoms with van der Waals surface area (Å²) in [6.07, 6.45) is 1.54. The Bertz CT molecular complexity index is 347. The number of carbonyl (C=O) groups excluding carboxylic acids is 1. The molecule has 0 spiro atoms. The Hall–Kier alpha value is -0.370. The van der Waals surface area contributed by atoms with Gasteiger partial charge in [0.2, 0.25) is 0 Å². The van der Waals surface area contributed by atoms with E-state index in [0.717, 1.165) is 10.7 Å². The first-order valence-corrected chi connectivity index (χ1v) is 7.15. The molecular formula is C9H19ClN2O4S. The molecule has 0 aromatic carbocycles. The van der Waals surface area contributed by atoms with Crippen LogP contribution in [0.5, 0.6) is 0 Å². The summed E-state index contributed by atoms with van der Waals surface area (Å²) in [7, 11) is -1.48. The lowest BCUT2D eigenvalue weighted by atomic mass is 10.1. The lowest BCUT2D eigenvalue weighted by Crippen LogP contribution is -2.46. The number of carbonyl (C=O) groups is 1. The smallest absolute Gasteiger partial charge is 0.324 e. The third-order valence-electron chi connectivity index (χ3n) is 2.51. The Morgan fingerprint density at radius 2 is 2.00 bits per heavy atom. The van der Waals surface area contributed by atoms with E-state index in [0.29, 0.717) is 6.42 Å². The summed E-state index contributed by atoms with van der Waals surface area (Å²) < 4.78 is 27.7. The maximum Gasteiger partial charge on any atom is 0.324 e. The van der Waals surface area contributed by atoms with Gasteiger partial charge < -0.3 is 4.74 Å². The minimum atomic E-state index is -3.92. The van der Waals surface area contributed by atoms with Crippen LogP contribution in [0.1, 0.15) is 26.2 Å². The lowest BCUT2D eigenvalue weighted by Gasteiger charge is -2.23. The van der Waals surface area contributed by atoms with Crippen LogP contribution in [-0.4, -0.2) is 44.3 Å². The SMILES string of the molecule is CCC(Cl)CCC(C(=O)OC)N(C)S(N)(=O)=O. The Morgan fingerprint density at radius 3 is 2.35 bits per heavy atom. The monoisotopic (exact) mass is 286 g/mol. The lowest BCUT2D eigenvalue weighted by molar-refractivity contribution is -0.145. The summed E-state index contributed by atoms with van der Waals surface area (Å²) in [4.78, 5) is 11.5. The molecule has 0 heterocycles. The molecular weight excluding hydrogens is 268 g/mol. The third-order valence-corrected chi connectivity index (χ3v) is 4.09. The molecule has 0 aromatic heterocycles. The Balaban J connectivity index is 4.72. The molecule has 0 radical (unpaired) electrons.